The number of hydrogen-bond donors (Lipinski definition) is 1. The Morgan fingerprint density at radius 3 is 2.19 bits per heavy atom. The van der Waals surface area contributed by atoms with Gasteiger partial charge in [0.1, 0.15) is 18.3 Å². The maximum absolute atomic E-state index is 13.9. The first kappa shape index (κ1) is 28.5. The molecule has 0 radical (unpaired) electrons. The number of methoxy groups -OCH3 is 1. The lowest BCUT2D eigenvalue weighted by molar-refractivity contribution is -0.140. The molecule has 1 N–H and O–H groups in total. The fraction of sp³-hybridized carbons (Fsp3) is 0.481. The number of para-hydroxylation sites is 1. The van der Waals surface area contributed by atoms with Gasteiger partial charge in [0.2, 0.25) is 11.8 Å². The Balaban J connectivity index is 1.94. The van der Waals surface area contributed by atoms with Crippen LogP contribution in [0.2, 0.25) is 0 Å². The molecular weight excluding hydrogens is 492 g/mol. The second-order valence-electron chi connectivity index (χ2n) is 9.42. The van der Waals surface area contributed by atoms with Crippen LogP contribution < -0.4 is 14.4 Å². The Labute approximate surface area is 220 Å². The molecular formula is C27H38N4O5S. The van der Waals surface area contributed by atoms with E-state index in [1.54, 1.807) is 49.6 Å². The SMILES string of the molecule is CC[C@H](C(=O)NC1CCCC1)N(Cc1ccc(OC)cc1)C(=O)CN(c1ccccc1)S(=O)(=O)N(C)C. The average Bonchev–Trinajstić information content (AvgIpc) is 3.40. The summed E-state index contributed by atoms with van der Waals surface area (Å²) in [6, 6.07) is 15.1. The second-order valence-corrected chi connectivity index (χ2v) is 11.5. The third-order valence-corrected chi connectivity index (χ3v) is 8.48. The first-order chi connectivity index (χ1) is 17.7. The quantitative estimate of drug-likeness (QED) is 0.455. The molecule has 1 saturated carbocycles. The number of nitrogens with one attached hydrogen (secondary N) is 1. The minimum Gasteiger partial charge on any atom is -0.497 e. The molecule has 0 heterocycles. The van der Waals surface area contributed by atoms with Gasteiger partial charge in [0.25, 0.3) is 0 Å². The van der Waals surface area contributed by atoms with Crippen molar-refractivity contribution in [3.05, 3.63) is 60.2 Å². The van der Waals surface area contributed by atoms with Crippen LogP contribution in [0.5, 0.6) is 5.75 Å². The zero-order chi connectivity index (χ0) is 27.0. The van der Waals surface area contributed by atoms with Crippen molar-refractivity contribution in [3.8, 4) is 5.75 Å². The van der Waals surface area contributed by atoms with Crippen LogP contribution in [0, 0.1) is 0 Å². The van der Waals surface area contributed by atoms with Gasteiger partial charge in [-0.05, 0) is 49.1 Å². The molecule has 202 valence electrons. The Hall–Kier alpha value is -3.11. The predicted octanol–water partition coefficient (Wildman–Crippen LogP) is 3.17. The minimum atomic E-state index is -3.97. The number of ether oxygens (including phenoxy) is 1. The molecule has 9 nitrogen and oxygen atoms in total. The van der Waals surface area contributed by atoms with Crippen LogP contribution >= 0.6 is 0 Å². The maximum Gasteiger partial charge on any atom is 0.304 e. The van der Waals surface area contributed by atoms with Crippen molar-refractivity contribution in [1.29, 1.82) is 0 Å². The summed E-state index contributed by atoms with van der Waals surface area (Å²) in [4.78, 5) is 28.7. The van der Waals surface area contributed by atoms with Gasteiger partial charge in [0.05, 0.1) is 12.8 Å². The van der Waals surface area contributed by atoms with Gasteiger partial charge in [-0.2, -0.15) is 12.7 Å². The van der Waals surface area contributed by atoms with E-state index in [0.717, 1.165) is 39.9 Å². The summed E-state index contributed by atoms with van der Waals surface area (Å²) in [5, 5.41) is 3.11. The number of benzene rings is 2. The highest BCUT2D eigenvalue weighted by molar-refractivity contribution is 7.90. The molecule has 0 bridgehead atoms. The number of anilines is 1. The summed E-state index contributed by atoms with van der Waals surface area (Å²) in [7, 11) is 0.457. The van der Waals surface area contributed by atoms with Gasteiger partial charge < -0.3 is 15.0 Å². The van der Waals surface area contributed by atoms with Gasteiger partial charge in [-0.3, -0.25) is 9.59 Å². The third kappa shape index (κ3) is 7.23. The van der Waals surface area contributed by atoms with Crippen LogP contribution in [0.3, 0.4) is 0 Å². The zero-order valence-corrected chi connectivity index (χ0v) is 22.9. The van der Waals surface area contributed by atoms with Gasteiger partial charge in [0.15, 0.2) is 0 Å². The number of carbonyl (C=O) groups is 2. The summed E-state index contributed by atoms with van der Waals surface area (Å²) in [5.74, 6) is 0.0106. The fourth-order valence-corrected chi connectivity index (χ4v) is 5.58. The Bertz CT molecular complexity index is 1130. The number of carbonyl (C=O) groups excluding carboxylic acids is 2. The standard InChI is InChI=1S/C27H38N4O5S/c1-5-25(27(33)28-22-11-9-10-12-22)30(19-21-15-17-24(36-4)18-16-21)26(32)20-31(37(34,35)29(2)3)23-13-7-6-8-14-23/h6-8,13-18,22,25H,5,9-12,19-20H2,1-4H3,(H,28,33)/t25-/m1/s1. The summed E-state index contributed by atoms with van der Waals surface area (Å²) < 4.78 is 33.8. The summed E-state index contributed by atoms with van der Waals surface area (Å²) in [6.07, 6.45) is 4.40. The Kier molecular flexibility index (Phi) is 9.93. The lowest BCUT2D eigenvalue weighted by Crippen LogP contribution is -2.54. The molecule has 0 saturated heterocycles. The molecule has 1 aliphatic carbocycles. The highest BCUT2D eigenvalue weighted by atomic mass is 32.2. The van der Waals surface area contributed by atoms with Gasteiger partial charge in [-0.15, -0.1) is 0 Å². The van der Waals surface area contributed by atoms with E-state index in [2.05, 4.69) is 5.32 Å². The topological polar surface area (TPSA) is 99.3 Å². The monoisotopic (exact) mass is 530 g/mol. The van der Waals surface area contributed by atoms with Crippen molar-refractivity contribution >= 4 is 27.7 Å². The smallest absolute Gasteiger partial charge is 0.304 e. The van der Waals surface area contributed by atoms with Gasteiger partial charge in [-0.25, -0.2) is 4.31 Å². The normalized spacial score (nSPS) is 14.8. The molecule has 2 aromatic carbocycles. The van der Waals surface area contributed by atoms with E-state index in [-0.39, 0.29) is 18.5 Å². The first-order valence-electron chi connectivity index (χ1n) is 12.6. The molecule has 37 heavy (non-hydrogen) atoms. The largest absolute Gasteiger partial charge is 0.497 e. The summed E-state index contributed by atoms with van der Waals surface area (Å²) in [5.41, 5.74) is 1.18. The zero-order valence-electron chi connectivity index (χ0n) is 22.1. The summed E-state index contributed by atoms with van der Waals surface area (Å²) in [6.45, 7) is 1.58. The molecule has 1 fully saturated rings. The lowest BCUT2D eigenvalue weighted by atomic mass is 10.1. The average molecular weight is 531 g/mol. The molecule has 3 rings (SSSR count). The lowest BCUT2D eigenvalue weighted by Gasteiger charge is -2.34. The van der Waals surface area contributed by atoms with Crippen LogP contribution in [0.4, 0.5) is 5.69 Å². The van der Waals surface area contributed by atoms with E-state index in [1.807, 2.05) is 19.1 Å². The van der Waals surface area contributed by atoms with Gasteiger partial charge in [0, 0.05) is 26.7 Å². The third-order valence-electron chi connectivity index (χ3n) is 6.66. The highest BCUT2D eigenvalue weighted by Crippen LogP contribution is 2.23. The number of rotatable bonds is 12. The molecule has 10 heteroatoms. The molecule has 0 unspecified atom stereocenters. The number of amides is 2. The first-order valence-corrected chi connectivity index (χ1v) is 14.0. The van der Waals surface area contributed by atoms with Gasteiger partial charge >= 0.3 is 10.2 Å². The van der Waals surface area contributed by atoms with Crippen molar-refractivity contribution in [1.82, 2.24) is 14.5 Å². The van der Waals surface area contributed by atoms with Crippen LogP contribution in [-0.2, 0) is 26.3 Å². The summed E-state index contributed by atoms with van der Waals surface area (Å²) >= 11 is 0. The minimum absolute atomic E-state index is 0.106. The predicted molar refractivity (Wildman–Crippen MR) is 144 cm³/mol. The Morgan fingerprint density at radius 1 is 1.03 bits per heavy atom. The van der Waals surface area contributed by atoms with E-state index < -0.39 is 28.7 Å². The molecule has 0 aliphatic heterocycles. The van der Waals surface area contributed by atoms with Crippen LogP contribution in [-0.4, -0.2) is 69.3 Å². The molecule has 0 aromatic heterocycles. The van der Waals surface area contributed by atoms with E-state index in [0.29, 0.717) is 17.9 Å². The van der Waals surface area contributed by atoms with Crippen molar-refractivity contribution in [2.45, 2.75) is 57.7 Å². The highest BCUT2D eigenvalue weighted by Gasteiger charge is 2.34. The Morgan fingerprint density at radius 2 is 1.65 bits per heavy atom. The molecule has 1 aliphatic rings. The molecule has 0 spiro atoms. The van der Waals surface area contributed by atoms with E-state index in [1.165, 1.54) is 19.0 Å². The molecule has 1 atom stereocenters. The van der Waals surface area contributed by atoms with Gasteiger partial charge in [-0.1, -0.05) is 50.1 Å². The van der Waals surface area contributed by atoms with Crippen molar-refractivity contribution in [2.24, 2.45) is 0 Å². The van der Waals surface area contributed by atoms with Crippen molar-refractivity contribution in [3.63, 3.8) is 0 Å². The number of nitrogens with zero attached hydrogens (tertiary/aromatic N) is 3. The van der Waals surface area contributed by atoms with Crippen LogP contribution in [0.1, 0.15) is 44.6 Å². The second kappa shape index (κ2) is 12.9. The number of hydrogen-bond acceptors (Lipinski definition) is 5. The molecule has 2 amide bonds. The van der Waals surface area contributed by atoms with E-state index in [9.17, 15) is 18.0 Å². The molecule has 2 aromatic rings. The van der Waals surface area contributed by atoms with E-state index in [4.69, 9.17) is 4.74 Å². The maximum atomic E-state index is 13.9. The van der Waals surface area contributed by atoms with Crippen molar-refractivity contribution < 1.29 is 22.7 Å². The van der Waals surface area contributed by atoms with Crippen LogP contribution in [0.25, 0.3) is 0 Å². The van der Waals surface area contributed by atoms with Crippen LogP contribution in [0.15, 0.2) is 54.6 Å². The van der Waals surface area contributed by atoms with Crippen molar-refractivity contribution in [2.75, 3.05) is 32.1 Å². The fourth-order valence-electron chi connectivity index (χ4n) is 4.53. The van der Waals surface area contributed by atoms with E-state index >= 15 is 0 Å².